The molecule has 3 atom stereocenters. The number of ether oxygens (including phenoxy) is 3. The third-order valence-electron chi connectivity index (χ3n) is 8.35. The summed E-state index contributed by atoms with van der Waals surface area (Å²) in [4.78, 5) is 61.9. The largest absolute Gasteiger partial charge is 0.463 e. The molecule has 1 aliphatic rings. The van der Waals surface area contributed by atoms with Gasteiger partial charge in [0.25, 0.3) is 5.56 Å². The molecule has 0 spiro atoms. The predicted octanol–water partition coefficient (Wildman–Crippen LogP) is 6.88. The summed E-state index contributed by atoms with van der Waals surface area (Å²) in [5, 5.41) is 2.70. The number of esters is 2. The smallest absolute Gasteiger partial charge is 0.306 e. The van der Waals surface area contributed by atoms with Crippen molar-refractivity contribution in [3.63, 3.8) is 0 Å². The molecule has 0 bridgehead atoms. The maximum atomic E-state index is 12.8. The molecule has 1 fully saturated rings. The first-order valence-electron chi connectivity index (χ1n) is 17.6. The molecule has 1 saturated heterocycles. The van der Waals surface area contributed by atoms with Crippen LogP contribution in [-0.2, 0) is 28.6 Å². The van der Waals surface area contributed by atoms with E-state index in [1.165, 1.54) is 6.33 Å². The Hall–Kier alpha value is -3.28. The van der Waals surface area contributed by atoms with Gasteiger partial charge in [0.1, 0.15) is 25.0 Å². The van der Waals surface area contributed by atoms with Crippen molar-refractivity contribution in [2.75, 3.05) is 11.9 Å². The third kappa shape index (κ3) is 12.5. The van der Waals surface area contributed by atoms with Gasteiger partial charge in [0.15, 0.2) is 11.2 Å². The Bertz CT molecular complexity index is 1280. The van der Waals surface area contributed by atoms with Crippen molar-refractivity contribution in [1.82, 2.24) is 19.5 Å². The lowest BCUT2D eigenvalue weighted by atomic mass is 10.1. The van der Waals surface area contributed by atoms with Gasteiger partial charge in [-0.3, -0.25) is 34.0 Å². The van der Waals surface area contributed by atoms with Crippen LogP contribution in [0.5, 0.6) is 0 Å². The number of H-pyrrole nitrogens is 1. The zero-order chi connectivity index (χ0) is 33.1. The van der Waals surface area contributed by atoms with E-state index in [1.807, 2.05) is 0 Å². The number of rotatable bonds is 23. The predicted molar refractivity (Wildman–Crippen MR) is 176 cm³/mol. The van der Waals surface area contributed by atoms with E-state index < -0.39 is 24.0 Å². The molecule has 3 rings (SSSR count). The number of amides is 1. The number of anilines is 1. The molecule has 258 valence electrons. The normalized spacial score (nSPS) is 17.8. The maximum Gasteiger partial charge on any atom is 0.306 e. The van der Waals surface area contributed by atoms with Gasteiger partial charge in [0.2, 0.25) is 11.9 Å². The molecule has 0 aromatic carbocycles. The molecule has 3 heterocycles. The van der Waals surface area contributed by atoms with Crippen LogP contribution in [0.1, 0.15) is 149 Å². The second kappa shape index (κ2) is 20.8. The Kier molecular flexibility index (Phi) is 16.8. The van der Waals surface area contributed by atoms with E-state index in [-0.39, 0.29) is 48.0 Å². The molecule has 1 amide bonds. The van der Waals surface area contributed by atoms with Gasteiger partial charge in [-0.2, -0.15) is 4.98 Å². The number of aromatic nitrogens is 4. The molecule has 0 radical (unpaired) electrons. The monoisotopic (exact) mass is 645 g/mol. The van der Waals surface area contributed by atoms with Crippen LogP contribution >= 0.6 is 0 Å². The molecule has 2 N–H and O–H groups in total. The number of fused-ring (bicyclic) bond motifs is 1. The first kappa shape index (κ1) is 37.2. The fourth-order valence-electron chi connectivity index (χ4n) is 5.65. The molecule has 12 nitrogen and oxygen atoms in total. The van der Waals surface area contributed by atoms with E-state index >= 15 is 0 Å². The first-order chi connectivity index (χ1) is 22.4. The molecule has 0 aliphatic carbocycles. The Morgan fingerprint density at radius 3 is 2.09 bits per heavy atom. The minimum atomic E-state index is -0.690. The molecule has 0 saturated carbocycles. The lowest BCUT2D eigenvalue weighted by Crippen LogP contribution is -2.32. The van der Waals surface area contributed by atoms with E-state index in [1.54, 1.807) is 4.57 Å². The number of imidazole rings is 1. The SMILES string of the molecule is CCCCCCCC(=O)Nc1nc2c(ncn2[C@H]2C[C@H](OC(=O)CCCCCCC)[C@@H](COC(=O)CCCCCCC)O2)c(=O)[nH]1. The molecule has 0 unspecified atom stereocenters. The summed E-state index contributed by atoms with van der Waals surface area (Å²) < 4.78 is 19.3. The van der Waals surface area contributed by atoms with Crippen LogP contribution in [-0.4, -0.2) is 56.2 Å². The van der Waals surface area contributed by atoms with Gasteiger partial charge in [-0.05, 0) is 19.3 Å². The Labute approximate surface area is 272 Å². The maximum absolute atomic E-state index is 12.8. The van der Waals surface area contributed by atoms with Crippen molar-refractivity contribution in [3.8, 4) is 0 Å². The second-order valence-corrected chi connectivity index (χ2v) is 12.4. The Morgan fingerprint density at radius 2 is 1.46 bits per heavy atom. The molecule has 2 aromatic heterocycles. The zero-order valence-corrected chi connectivity index (χ0v) is 28.2. The summed E-state index contributed by atoms with van der Waals surface area (Å²) in [5.41, 5.74) is -0.159. The average molecular weight is 646 g/mol. The van der Waals surface area contributed by atoms with E-state index in [0.29, 0.717) is 19.3 Å². The average Bonchev–Trinajstić information content (AvgIpc) is 3.63. The van der Waals surface area contributed by atoms with Gasteiger partial charge in [-0.15, -0.1) is 0 Å². The van der Waals surface area contributed by atoms with Crippen LogP contribution in [0.3, 0.4) is 0 Å². The summed E-state index contributed by atoms with van der Waals surface area (Å²) >= 11 is 0. The highest BCUT2D eigenvalue weighted by molar-refractivity contribution is 5.89. The van der Waals surface area contributed by atoms with E-state index in [0.717, 1.165) is 96.3 Å². The lowest BCUT2D eigenvalue weighted by Gasteiger charge is -2.19. The third-order valence-corrected chi connectivity index (χ3v) is 8.35. The number of unbranched alkanes of at least 4 members (excludes halogenated alkanes) is 12. The van der Waals surface area contributed by atoms with Gasteiger partial charge in [-0.25, -0.2) is 4.98 Å². The van der Waals surface area contributed by atoms with Crippen LogP contribution in [0, 0.1) is 0 Å². The quantitative estimate of drug-likeness (QED) is 0.0972. The Balaban J connectivity index is 1.67. The molecule has 46 heavy (non-hydrogen) atoms. The number of nitrogens with zero attached hydrogens (tertiary/aromatic N) is 3. The Morgan fingerprint density at radius 1 is 0.870 bits per heavy atom. The van der Waals surface area contributed by atoms with Gasteiger partial charge in [0, 0.05) is 25.7 Å². The highest BCUT2D eigenvalue weighted by atomic mass is 16.6. The summed E-state index contributed by atoms with van der Waals surface area (Å²) in [5.74, 6) is -0.818. The molecule has 1 aliphatic heterocycles. The van der Waals surface area contributed by atoms with E-state index in [2.05, 4.69) is 41.0 Å². The summed E-state index contributed by atoms with van der Waals surface area (Å²) in [6.07, 6.45) is 15.9. The van der Waals surface area contributed by atoms with Crippen molar-refractivity contribution < 1.29 is 28.6 Å². The van der Waals surface area contributed by atoms with Crippen molar-refractivity contribution in [2.45, 2.75) is 161 Å². The lowest BCUT2D eigenvalue weighted by molar-refractivity contribution is -0.158. The summed E-state index contributed by atoms with van der Waals surface area (Å²) in [6.45, 7) is 6.38. The van der Waals surface area contributed by atoms with Gasteiger partial charge < -0.3 is 14.2 Å². The van der Waals surface area contributed by atoms with Crippen molar-refractivity contribution in [2.24, 2.45) is 0 Å². The van der Waals surface area contributed by atoms with Gasteiger partial charge in [0.05, 0.1) is 6.33 Å². The van der Waals surface area contributed by atoms with Crippen LogP contribution < -0.4 is 10.9 Å². The fourth-order valence-corrected chi connectivity index (χ4v) is 5.65. The number of hydrogen-bond acceptors (Lipinski definition) is 9. The van der Waals surface area contributed by atoms with Crippen LogP contribution in [0.25, 0.3) is 11.2 Å². The number of nitrogens with one attached hydrogen (secondary N) is 2. The number of carbonyl (C=O) groups is 3. The van der Waals surface area contributed by atoms with E-state index in [4.69, 9.17) is 14.2 Å². The highest BCUT2D eigenvalue weighted by Gasteiger charge is 2.40. The van der Waals surface area contributed by atoms with Crippen LogP contribution in [0.15, 0.2) is 11.1 Å². The standard InChI is InChI=1S/C34H55N5O7/c1-4-7-10-13-16-19-27(40)36-34-37-32-31(33(43)38-34)35-24-39(32)28-22-25(46-30(42)21-18-15-12-9-6-3)26(45-28)23-44-29(41)20-17-14-11-8-5-2/h24-26,28H,4-23H2,1-3H3,(H2,36,37,38,40,43)/t25-,26+,28+/m0/s1. The second-order valence-electron chi connectivity index (χ2n) is 12.4. The highest BCUT2D eigenvalue weighted by Crippen LogP contribution is 2.33. The van der Waals surface area contributed by atoms with Crippen molar-refractivity contribution in [3.05, 3.63) is 16.7 Å². The molecule has 12 heteroatoms. The van der Waals surface area contributed by atoms with Crippen LogP contribution in [0.4, 0.5) is 5.95 Å². The fraction of sp³-hybridized carbons (Fsp3) is 0.765. The topological polar surface area (TPSA) is 155 Å². The number of aromatic amines is 1. The number of carbonyl (C=O) groups excluding carboxylic acids is 3. The minimum absolute atomic E-state index is 0.0336. The summed E-state index contributed by atoms with van der Waals surface area (Å²) in [7, 11) is 0. The number of hydrogen-bond donors (Lipinski definition) is 2. The summed E-state index contributed by atoms with van der Waals surface area (Å²) in [6, 6.07) is 0. The van der Waals surface area contributed by atoms with Crippen molar-refractivity contribution >= 4 is 35.0 Å². The first-order valence-corrected chi connectivity index (χ1v) is 17.6. The molecule has 2 aromatic rings. The van der Waals surface area contributed by atoms with Gasteiger partial charge >= 0.3 is 11.9 Å². The molecular formula is C34H55N5O7. The van der Waals surface area contributed by atoms with E-state index in [9.17, 15) is 19.2 Å². The molecular weight excluding hydrogens is 590 g/mol. The van der Waals surface area contributed by atoms with Crippen molar-refractivity contribution in [1.29, 1.82) is 0 Å². The minimum Gasteiger partial charge on any atom is -0.463 e. The van der Waals surface area contributed by atoms with Gasteiger partial charge in [-0.1, -0.05) is 97.8 Å². The zero-order valence-electron chi connectivity index (χ0n) is 28.2. The van der Waals surface area contributed by atoms with Crippen LogP contribution in [0.2, 0.25) is 0 Å².